The van der Waals surface area contributed by atoms with E-state index >= 15 is 0 Å². The molecule has 0 aliphatic heterocycles. The van der Waals surface area contributed by atoms with Crippen molar-refractivity contribution in [3.8, 4) is 17.2 Å². The van der Waals surface area contributed by atoms with Crippen molar-refractivity contribution in [3.05, 3.63) is 83.9 Å². The van der Waals surface area contributed by atoms with E-state index in [0.717, 1.165) is 18.4 Å². The van der Waals surface area contributed by atoms with Crippen LogP contribution in [0.15, 0.2) is 77.9 Å². The first-order chi connectivity index (χ1) is 19.5. The van der Waals surface area contributed by atoms with Gasteiger partial charge in [0, 0.05) is 12.2 Å². The summed E-state index contributed by atoms with van der Waals surface area (Å²) in [7, 11) is 0. The Kier molecular flexibility index (Phi) is 12.0. The zero-order valence-electron chi connectivity index (χ0n) is 22.6. The largest absolute Gasteiger partial charge is 0.494 e. The maximum atomic E-state index is 12.2. The summed E-state index contributed by atoms with van der Waals surface area (Å²) in [5.41, 5.74) is 4.23. The SMILES string of the molecule is CCCCOc1ccc(NC(=O)C(=O)N/N=C\c2ccc(OCC(=O)NCc3ccccc3)c(OCC)c2)cc1. The molecule has 0 heterocycles. The summed E-state index contributed by atoms with van der Waals surface area (Å²) in [6, 6.07) is 21.3. The summed E-state index contributed by atoms with van der Waals surface area (Å²) < 4.78 is 16.9. The van der Waals surface area contributed by atoms with Gasteiger partial charge in [0.25, 0.3) is 5.91 Å². The fourth-order valence-electron chi connectivity index (χ4n) is 3.36. The average molecular weight is 547 g/mol. The molecule has 10 nitrogen and oxygen atoms in total. The maximum Gasteiger partial charge on any atom is 0.329 e. The molecule has 10 heteroatoms. The van der Waals surface area contributed by atoms with Crippen molar-refractivity contribution in [2.75, 3.05) is 25.1 Å². The summed E-state index contributed by atoms with van der Waals surface area (Å²) in [6.45, 7) is 5.12. The molecule has 0 saturated heterocycles. The number of nitrogens with zero attached hydrogens (tertiary/aromatic N) is 1. The number of amides is 3. The normalized spacial score (nSPS) is 10.6. The van der Waals surface area contributed by atoms with Gasteiger partial charge in [-0.05, 0) is 66.9 Å². The first kappa shape index (κ1) is 29.7. The van der Waals surface area contributed by atoms with Crippen molar-refractivity contribution in [2.24, 2.45) is 5.10 Å². The Morgan fingerprint density at radius 1 is 0.850 bits per heavy atom. The van der Waals surface area contributed by atoms with E-state index < -0.39 is 11.8 Å². The van der Waals surface area contributed by atoms with Gasteiger partial charge in [-0.1, -0.05) is 43.7 Å². The Balaban J connectivity index is 1.48. The van der Waals surface area contributed by atoms with Gasteiger partial charge in [0.05, 0.1) is 19.4 Å². The van der Waals surface area contributed by atoms with Gasteiger partial charge in [-0.15, -0.1) is 0 Å². The molecule has 0 unspecified atom stereocenters. The summed E-state index contributed by atoms with van der Waals surface area (Å²) in [5.74, 6) is -0.566. The first-order valence-electron chi connectivity index (χ1n) is 13.1. The van der Waals surface area contributed by atoms with E-state index in [0.29, 0.717) is 48.3 Å². The van der Waals surface area contributed by atoms with Crippen molar-refractivity contribution in [3.63, 3.8) is 0 Å². The van der Waals surface area contributed by atoms with Crippen LogP contribution in [0.2, 0.25) is 0 Å². The highest BCUT2D eigenvalue weighted by atomic mass is 16.5. The predicted molar refractivity (Wildman–Crippen MR) is 153 cm³/mol. The number of nitrogens with one attached hydrogen (secondary N) is 3. The highest BCUT2D eigenvalue weighted by molar-refractivity contribution is 6.39. The molecule has 210 valence electrons. The predicted octanol–water partition coefficient (Wildman–Crippen LogP) is 4.05. The average Bonchev–Trinajstić information content (AvgIpc) is 2.97. The molecule has 0 spiro atoms. The van der Waals surface area contributed by atoms with Crippen LogP contribution in [-0.4, -0.2) is 43.8 Å². The summed E-state index contributed by atoms with van der Waals surface area (Å²) >= 11 is 0. The van der Waals surface area contributed by atoms with Crippen molar-refractivity contribution in [2.45, 2.75) is 33.2 Å². The van der Waals surface area contributed by atoms with Crippen LogP contribution in [0.3, 0.4) is 0 Å². The van der Waals surface area contributed by atoms with E-state index in [9.17, 15) is 14.4 Å². The minimum atomic E-state index is -0.925. The third-order valence-corrected chi connectivity index (χ3v) is 5.42. The molecule has 3 N–H and O–H groups in total. The monoisotopic (exact) mass is 546 g/mol. The van der Waals surface area contributed by atoms with Gasteiger partial charge in [0.15, 0.2) is 18.1 Å². The Morgan fingerprint density at radius 2 is 1.62 bits per heavy atom. The maximum absolute atomic E-state index is 12.2. The summed E-state index contributed by atoms with van der Waals surface area (Å²) in [6.07, 6.45) is 3.36. The van der Waals surface area contributed by atoms with Crippen LogP contribution in [0.1, 0.15) is 37.8 Å². The number of benzene rings is 3. The summed E-state index contributed by atoms with van der Waals surface area (Å²) in [4.78, 5) is 36.5. The van der Waals surface area contributed by atoms with E-state index in [4.69, 9.17) is 14.2 Å². The zero-order chi connectivity index (χ0) is 28.6. The van der Waals surface area contributed by atoms with Crippen molar-refractivity contribution >= 4 is 29.6 Å². The second-order valence-corrected chi connectivity index (χ2v) is 8.57. The first-order valence-corrected chi connectivity index (χ1v) is 13.1. The summed E-state index contributed by atoms with van der Waals surface area (Å²) in [5, 5.41) is 9.16. The molecule has 40 heavy (non-hydrogen) atoms. The molecule has 3 amide bonds. The van der Waals surface area contributed by atoms with Crippen LogP contribution < -0.4 is 30.3 Å². The highest BCUT2D eigenvalue weighted by Gasteiger charge is 2.13. The smallest absolute Gasteiger partial charge is 0.329 e. The number of hydrazone groups is 1. The van der Waals surface area contributed by atoms with E-state index in [1.165, 1.54) is 6.21 Å². The van der Waals surface area contributed by atoms with Crippen LogP contribution in [0.4, 0.5) is 5.69 Å². The minimum Gasteiger partial charge on any atom is -0.494 e. The molecule has 0 saturated carbocycles. The lowest BCUT2D eigenvalue weighted by molar-refractivity contribution is -0.136. The molecule has 0 atom stereocenters. The molecule has 0 fully saturated rings. The molecule has 0 aliphatic carbocycles. The van der Waals surface area contributed by atoms with Crippen LogP contribution in [0.5, 0.6) is 17.2 Å². The van der Waals surface area contributed by atoms with Gasteiger partial charge >= 0.3 is 11.8 Å². The number of ether oxygens (including phenoxy) is 3. The van der Waals surface area contributed by atoms with Crippen LogP contribution in [0, 0.1) is 0 Å². The Morgan fingerprint density at radius 3 is 2.35 bits per heavy atom. The van der Waals surface area contributed by atoms with Crippen molar-refractivity contribution in [1.82, 2.24) is 10.7 Å². The topological polar surface area (TPSA) is 127 Å². The van der Waals surface area contributed by atoms with Gasteiger partial charge in [-0.2, -0.15) is 5.10 Å². The van der Waals surface area contributed by atoms with Crippen molar-refractivity contribution < 1.29 is 28.6 Å². The molecule has 0 radical (unpaired) electrons. The van der Waals surface area contributed by atoms with Crippen LogP contribution >= 0.6 is 0 Å². The van der Waals surface area contributed by atoms with Gasteiger partial charge < -0.3 is 24.8 Å². The molecule has 0 bridgehead atoms. The van der Waals surface area contributed by atoms with E-state index in [1.807, 2.05) is 37.3 Å². The molecule has 0 aliphatic rings. The minimum absolute atomic E-state index is 0.180. The second kappa shape index (κ2) is 16.2. The Labute approximate surface area is 233 Å². The molecule has 3 aromatic rings. The lowest BCUT2D eigenvalue weighted by Crippen LogP contribution is -2.32. The number of carbonyl (C=O) groups excluding carboxylic acids is 3. The zero-order valence-corrected chi connectivity index (χ0v) is 22.6. The van der Waals surface area contributed by atoms with E-state index in [1.54, 1.807) is 42.5 Å². The highest BCUT2D eigenvalue weighted by Crippen LogP contribution is 2.28. The molecular formula is C30H34N4O6. The van der Waals surface area contributed by atoms with Gasteiger partial charge in [0.2, 0.25) is 0 Å². The second-order valence-electron chi connectivity index (χ2n) is 8.57. The van der Waals surface area contributed by atoms with E-state index in [2.05, 4.69) is 28.1 Å². The van der Waals surface area contributed by atoms with Gasteiger partial charge in [-0.25, -0.2) is 5.43 Å². The van der Waals surface area contributed by atoms with Gasteiger partial charge in [-0.3, -0.25) is 14.4 Å². The quantitative estimate of drug-likeness (QED) is 0.121. The molecule has 0 aromatic heterocycles. The number of unbranched alkanes of at least 4 members (excludes halogenated alkanes) is 1. The number of rotatable bonds is 14. The molecular weight excluding hydrogens is 512 g/mol. The van der Waals surface area contributed by atoms with Crippen LogP contribution in [0.25, 0.3) is 0 Å². The number of hydrogen-bond acceptors (Lipinski definition) is 7. The third kappa shape index (κ3) is 10.1. The molecule has 3 rings (SSSR count). The third-order valence-electron chi connectivity index (χ3n) is 5.42. The lowest BCUT2D eigenvalue weighted by atomic mass is 10.2. The van der Waals surface area contributed by atoms with Crippen molar-refractivity contribution in [1.29, 1.82) is 0 Å². The Hall–Kier alpha value is -4.86. The van der Waals surface area contributed by atoms with Crippen LogP contribution in [-0.2, 0) is 20.9 Å². The fraction of sp³-hybridized carbons (Fsp3) is 0.267. The Bertz CT molecular complexity index is 1280. The van der Waals surface area contributed by atoms with E-state index in [-0.39, 0.29) is 12.5 Å². The number of carbonyl (C=O) groups is 3. The molecule has 3 aromatic carbocycles. The standard InChI is InChI=1S/C30H34N4O6/c1-3-5-17-39-25-14-12-24(13-15-25)33-29(36)30(37)34-32-20-23-11-16-26(27(18-23)38-4-2)40-21-28(35)31-19-22-9-7-6-8-10-22/h6-16,18,20H,3-5,17,19,21H2,1-2H3,(H,31,35)(H,33,36)(H,34,37)/b32-20-. The fourth-order valence-corrected chi connectivity index (χ4v) is 3.36. The number of anilines is 1. The van der Waals surface area contributed by atoms with Gasteiger partial charge in [0.1, 0.15) is 5.75 Å². The lowest BCUT2D eigenvalue weighted by Gasteiger charge is -2.12. The number of hydrogen-bond donors (Lipinski definition) is 3.